The highest BCUT2D eigenvalue weighted by atomic mass is 35.5. The van der Waals surface area contributed by atoms with Gasteiger partial charge in [-0.15, -0.1) is 0 Å². The normalized spacial score (nSPS) is 10.6. The third-order valence-electron chi connectivity index (χ3n) is 3.05. The van der Waals surface area contributed by atoms with Crippen molar-refractivity contribution in [2.24, 2.45) is 0 Å². The summed E-state index contributed by atoms with van der Waals surface area (Å²) in [5.41, 5.74) is 1.21. The second-order valence-corrected chi connectivity index (χ2v) is 6.39. The lowest BCUT2D eigenvalue weighted by atomic mass is 10.2. The van der Waals surface area contributed by atoms with E-state index in [1.807, 2.05) is 18.2 Å². The van der Waals surface area contributed by atoms with Crippen molar-refractivity contribution < 1.29 is 9.53 Å². The molecule has 0 atom stereocenters. The van der Waals surface area contributed by atoms with Crippen LogP contribution in [0.4, 0.5) is 5.69 Å². The second kappa shape index (κ2) is 9.06. The first-order chi connectivity index (χ1) is 11.9. The van der Waals surface area contributed by atoms with Gasteiger partial charge in [-0.3, -0.25) is 10.1 Å². The molecule has 2 aromatic rings. The van der Waals surface area contributed by atoms with Gasteiger partial charge in [-0.25, -0.2) is 0 Å². The Morgan fingerprint density at radius 3 is 2.52 bits per heavy atom. The Morgan fingerprint density at radius 1 is 1.12 bits per heavy atom. The standard InChI is InChI=1S/C17H13Cl3N2O2S/c1-24-15-5-3-2-4-10(15)6-7-16(23)22-17(25)21-14-9-12(19)11(18)8-13(14)20/h2-9H,1H3,(H2,21,22,23,25). The van der Waals surface area contributed by atoms with Crippen molar-refractivity contribution in [3.63, 3.8) is 0 Å². The van der Waals surface area contributed by atoms with Crippen LogP contribution in [0, 0.1) is 0 Å². The predicted octanol–water partition coefficient (Wildman–Crippen LogP) is 5.18. The van der Waals surface area contributed by atoms with Gasteiger partial charge in [0.1, 0.15) is 5.75 Å². The third-order valence-corrected chi connectivity index (χ3v) is 4.29. The van der Waals surface area contributed by atoms with E-state index in [1.165, 1.54) is 18.2 Å². The molecule has 0 aliphatic rings. The molecule has 8 heteroatoms. The maximum atomic E-state index is 12.0. The number of carbonyl (C=O) groups excluding carboxylic acids is 1. The molecule has 0 spiro atoms. The van der Waals surface area contributed by atoms with E-state index in [0.717, 1.165) is 5.56 Å². The fourth-order valence-corrected chi connectivity index (χ4v) is 2.70. The Bertz CT molecular complexity index is 841. The van der Waals surface area contributed by atoms with Crippen LogP contribution in [0.5, 0.6) is 5.75 Å². The lowest BCUT2D eigenvalue weighted by molar-refractivity contribution is -0.115. The molecular formula is C17H13Cl3N2O2S. The molecular weight excluding hydrogens is 403 g/mol. The molecule has 2 aromatic carbocycles. The van der Waals surface area contributed by atoms with Crippen LogP contribution >= 0.6 is 47.0 Å². The number of halogens is 3. The topological polar surface area (TPSA) is 50.4 Å². The monoisotopic (exact) mass is 414 g/mol. The highest BCUT2D eigenvalue weighted by Crippen LogP contribution is 2.32. The molecule has 0 unspecified atom stereocenters. The Morgan fingerprint density at radius 2 is 1.80 bits per heavy atom. The molecule has 1 amide bonds. The minimum atomic E-state index is -0.403. The minimum absolute atomic E-state index is 0.0787. The zero-order chi connectivity index (χ0) is 18.4. The number of rotatable bonds is 4. The summed E-state index contributed by atoms with van der Waals surface area (Å²) in [6.45, 7) is 0. The maximum Gasteiger partial charge on any atom is 0.250 e. The molecule has 2 N–H and O–H groups in total. The summed E-state index contributed by atoms with van der Waals surface area (Å²) < 4.78 is 5.21. The number of nitrogens with one attached hydrogen (secondary N) is 2. The summed E-state index contributed by atoms with van der Waals surface area (Å²) in [4.78, 5) is 12.0. The largest absolute Gasteiger partial charge is 0.496 e. The number of ether oxygens (including phenoxy) is 1. The molecule has 0 saturated carbocycles. The van der Waals surface area contributed by atoms with Gasteiger partial charge in [0.05, 0.1) is 27.9 Å². The van der Waals surface area contributed by atoms with Gasteiger partial charge in [-0.1, -0.05) is 53.0 Å². The highest BCUT2D eigenvalue weighted by molar-refractivity contribution is 7.80. The fraction of sp³-hybridized carbons (Fsp3) is 0.0588. The van der Waals surface area contributed by atoms with Crippen LogP contribution in [0.1, 0.15) is 5.56 Å². The van der Waals surface area contributed by atoms with Crippen LogP contribution in [0.2, 0.25) is 15.1 Å². The summed E-state index contributed by atoms with van der Waals surface area (Å²) in [6.07, 6.45) is 2.98. The first kappa shape index (κ1) is 19.5. The summed E-state index contributed by atoms with van der Waals surface area (Å²) >= 11 is 22.9. The van der Waals surface area contributed by atoms with Crippen molar-refractivity contribution in [3.05, 3.63) is 63.1 Å². The summed E-state index contributed by atoms with van der Waals surface area (Å²) in [5, 5.41) is 6.36. The molecule has 0 fully saturated rings. The van der Waals surface area contributed by atoms with E-state index in [0.29, 0.717) is 26.5 Å². The van der Waals surface area contributed by atoms with E-state index >= 15 is 0 Å². The number of thiocarbonyl (C=S) groups is 1. The van der Waals surface area contributed by atoms with E-state index in [4.69, 9.17) is 51.8 Å². The molecule has 4 nitrogen and oxygen atoms in total. The summed E-state index contributed by atoms with van der Waals surface area (Å²) in [5.74, 6) is 0.259. The molecule has 0 radical (unpaired) electrons. The summed E-state index contributed by atoms with van der Waals surface area (Å²) in [6, 6.07) is 10.3. The Hall–Kier alpha value is -1.79. The van der Waals surface area contributed by atoms with Crippen molar-refractivity contribution in [3.8, 4) is 5.75 Å². The van der Waals surface area contributed by atoms with Crippen molar-refractivity contribution >= 4 is 69.8 Å². The van der Waals surface area contributed by atoms with Gasteiger partial charge in [-0.2, -0.15) is 0 Å². The number of hydrogen-bond donors (Lipinski definition) is 2. The van der Waals surface area contributed by atoms with E-state index in [9.17, 15) is 4.79 Å². The van der Waals surface area contributed by atoms with Crippen molar-refractivity contribution in [1.82, 2.24) is 5.32 Å². The number of benzene rings is 2. The van der Waals surface area contributed by atoms with Gasteiger partial charge >= 0.3 is 0 Å². The SMILES string of the molecule is COc1ccccc1C=CC(=O)NC(=S)Nc1cc(Cl)c(Cl)cc1Cl. The summed E-state index contributed by atoms with van der Waals surface area (Å²) in [7, 11) is 1.56. The lowest BCUT2D eigenvalue weighted by Crippen LogP contribution is -2.32. The molecule has 2 rings (SSSR count). The second-order valence-electron chi connectivity index (χ2n) is 4.76. The maximum absolute atomic E-state index is 12.0. The quantitative estimate of drug-likeness (QED) is 0.410. The predicted molar refractivity (Wildman–Crippen MR) is 108 cm³/mol. The van der Waals surface area contributed by atoms with Crippen molar-refractivity contribution in [2.45, 2.75) is 0 Å². The van der Waals surface area contributed by atoms with E-state index in [2.05, 4.69) is 10.6 Å². The van der Waals surface area contributed by atoms with E-state index < -0.39 is 5.91 Å². The van der Waals surface area contributed by atoms with E-state index in [-0.39, 0.29) is 5.11 Å². The number of amides is 1. The minimum Gasteiger partial charge on any atom is -0.496 e. The highest BCUT2D eigenvalue weighted by Gasteiger charge is 2.09. The third kappa shape index (κ3) is 5.61. The van der Waals surface area contributed by atoms with Crippen LogP contribution < -0.4 is 15.4 Å². The number of hydrogen-bond acceptors (Lipinski definition) is 3. The Balaban J connectivity index is 2.00. The number of para-hydroxylation sites is 1. The molecule has 130 valence electrons. The molecule has 0 aromatic heterocycles. The van der Waals surface area contributed by atoms with Gasteiger partial charge in [0, 0.05) is 11.6 Å². The van der Waals surface area contributed by atoms with Crippen LogP contribution in [-0.4, -0.2) is 18.1 Å². The molecule has 0 aliphatic heterocycles. The average Bonchev–Trinajstić information content (AvgIpc) is 2.58. The molecule has 0 heterocycles. The zero-order valence-electron chi connectivity index (χ0n) is 13.0. The van der Waals surface area contributed by atoms with Crippen LogP contribution in [-0.2, 0) is 4.79 Å². The van der Waals surface area contributed by atoms with Gasteiger partial charge in [0.2, 0.25) is 5.91 Å². The first-order valence-electron chi connectivity index (χ1n) is 6.98. The zero-order valence-corrected chi connectivity index (χ0v) is 16.1. The molecule has 0 aliphatic carbocycles. The Kier molecular flexibility index (Phi) is 7.08. The molecule has 25 heavy (non-hydrogen) atoms. The Labute approximate surface area is 165 Å². The fourth-order valence-electron chi connectivity index (χ4n) is 1.90. The first-order valence-corrected chi connectivity index (χ1v) is 8.52. The van der Waals surface area contributed by atoms with Gasteiger partial charge in [-0.05, 0) is 36.5 Å². The van der Waals surface area contributed by atoms with Gasteiger partial charge in [0.25, 0.3) is 0 Å². The van der Waals surface area contributed by atoms with E-state index in [1.54, 1.807) is 19.3 Å². The van der Waals surface area contributed by atoms with Crippen molar-refractivity contribution in [1.29, 1.82) is 0 Å². The number of methoxy groups -OCH3 is 1. The van der Waals surface area contributed by atoms with Gasteiger partial charge < -0.3 is 10.1 Å². The lowest BCUT2D eigenvalue weighted by Gasteiger charge is -2.11. The molecule has 0 bridgehead atoms. The molecule has 0 saturated heterocycles. The van der Waals surface area contributed by atoms with Crippen molar-refractivity contribution in [2.75, 3.05) is 12.4 Å². The van der Waals surface area contributed by atoms with Gasteiger partial charge in [0.15, 0.2) is 5.11 Å². The average molecular weight is 416 g/mol. The van der Waals surface area contributed by atoms with Crippen LogP contribution in [0.25, 0.3) is 6.08 Å². The van der Waals surface area contributed by atoms with Crippen LogP contribution in [0.15, 0.2) is 42.5 Å². The van der Waals surface area contributed by atoms with Crippen LogP contribution in [0.3, 0.4) is 0 Å². The number of carbonyl (C=O) groups is 1. The smallest absolute Gasteiger partial charge is 0.250 e. The number of anilines is 1.